The largest absolute Gasteiger partial charge is 0.378 e. The van der Waals surface area contributed by atoms with Crippen molar-refractivity contribution in [3.63, 3.8) is 0 Å². The summed E-state index contributed by atoms with van der Waals surface area (Å²) in [5.41, 5.74) is 0.167. The van der Waals surface area contributed by atoms with Gasteiger partial charge < -0.3 is 14.5 Å². The molecule has 3 aliphatic rings. The molecular weight excluding hydrogens is 304 g/mol. The van der Waals surface area contributed by atoms with Crippen molar-refractivity contribution in [2.24, 2.45) is 11.3 Å². The Labute approximate surface area is 145 Å². The summed E-state index contributed by atoms with van der Waals surface area (Å²) in [4.78, 5) is 28.9. The highest BCUT2D eigenvalue weighted by Crippen LogP contribution is 2.56. The Balaban J connectivity index is 1.67. The Kier molecular flexibility index (Phi) is 4.92. The van der Waals surface area contributed by atoms with E-state index < -0.39 is 0 Å². The van der Waals surface area contributed by atoms with Crippen LogP contribution in [-0.4, -0.2) is 60.0 Å². The molecule has 5 heteroatoms. The maximum atomic E-state index is 13.0. The molecule has 1 heterocycles. The molecule has 3 atom stereocenters. The smallest absolute Gasteiger partial charge is 0.228 e. The van der Waals surface area contributed by atoms with Crippen molar-refractivity contribution < 1.29 is 14.3 Å². The van der Waals surface area contributed by atoms with Crippen molar-refractivity contribution in [3.05, 3.63) is 0 Å². The molecule has 0 N–H and O–H groups in total. The first kappa shape index (κ1) is 17.7. The van der Waals surface area contributed by atoms with Crippen molar-refractivity contribution in [3.8, 4) is 0 Å². The van der Waals surface area contributed by atoms with Crippen LogP contribution >= 0.6 is 0 Å². The van der Waals surface area contributed by atoms with E-state index in [0.29, 0.717) is 19.1 Å². The van der Waals surface area contributed by atoms with E-state index in [1.54, 1.807) is 0 Å². The predicted octanol–water partition coefficient (Wildman–Crippen LogP) is 2.44. The van der Waals surface area contributed by atoms with Crippen LogP contribution in [0.25, 0.3) is 0 Å². The van der Waals surface area contributed by atoms with Gasteiger partial charge in [0.15, 0.2) is 0 Å². The highest BCUT2D eigenvalue weighted by molar-refractivity contribution is 5.89. The van der Waals surface area contributed by atoms with E-state index in [9.17, 15) is 9.59 Å². The molecule has 1 spiro atoms. The van der Waals surface area contributed by atoms with E-state index in [1.807, 2.05) is 30.7 Å². The molecule has 1 saturated heterocycles. The second-order valence-corrected chi connectivity index (χ2v) is 8.13. The van der Waals surface area contributed by atoms with Crippen LogP contribution in [0, 0.1) is 11.3 Å². The van der Waals surface area contributed by atoms with Gasteiger partial charge in [0.05, 0.1) is 12.0 Å². The van der Waals surface area contributed by atoms with Crippen LogP contribution in [0.3, 0.4) is 0 Å². The molecule has 136 valence electrons. The summed E-state index contributed by atoms with van der Waals surface area (Å²) in [6, 6.07) is 0.458. The minimum atomic E-state index is -0.172. The third-order valence-corrected chi connectivity index (χ3v) is 6.59. The second kappa shape index (κ2) is 6.66. The summed E-state index contributed by atoms with van der Waals surface area (Å²) in [6.07, 6.45) is 6.45. The lowest BCUT2D eigenvalue weighted by Crippen LogP contribution is -2.64. The van der Waals surface area contributed by atoms with Crippen molar-refractivity contribution >= 4 is 11.8 Å². The number of rotatable bonds is 5. The average molecular weight is 336 g/mol. The standard InChI is InChI=1S/C19H32N2O3/c1-5-24-16-11-15(19(16)8-6-7-9-19)20(4)18(23)14-10-17(22)21(12-14)13(2)3/h13-16H,5-12H2,1-4H3/t14-,15-,16+/m0/s1. The van der Waals surface area contributed by atoms with Gasteiger partial charge in [-0.3, -0.25) is 9.59 Å². The zero-order valence-corrected chi connectivity index (χ0v) is 15.6. The summed E-state index contributed by atoms with van der Waals surface area (Å²) in [5, 5.41) is 0. The molecular formula is C19H32N2O3. The summed E-state index contributed by atoms with van der Waals surface area (Å²) in [5.74, 6) is 0.0975. The van der Waals surface area contributed by atoms with Gasteiger partial charge in [0.2, 0.25) is 11.8 Å². The zero-order valence-electron chi connectivity index (χ0n) is 15.6. The molecule has 3 rings (SSSR count). The van der Waals surface area contributed by atoms with Gasteiger partial charge in [0.25, 0.3) is 0 Å². The number of carbonyl (C=O) groups is 2. The number of hydrogen-bond acceptors (Lipinski definition) is 3. The lowest BCUT2D eigenvalue weighted by molar-refractivity contribution is -0.174. The van der Waals surface area contributed by atoms with Crippen LogP contribution in [0.2, 0.25) is 0 Å². The Morgan fingerprint density at radius 1 is 1.38 bits per heavy atom. The van der Waals surface area contributed by atoms with Crippen molar-refractivity contribution in [2.75, 3.05) is 20.2 Å². The summed E-state index contributed by atoms with van der Waals surface area (Å²) < 4.78 is 5.97. The summed E-state index contributed by atoms with van der Waals surface area (Å²) >= 11 is 0. The monoisotopic (exact) mass is 336 g/mol. The third kappa shape index (κ3) is 2.75. The molecule has 5 nitrogen and oxygen atoms in total. The first-order chi connectivity index (χ1) is 11.4. The highest BCUT2D eigenvalue weighted by atomic mass is 16.5. The van der Waals surface area contributed by atoms with E-state index in [0.717, 1.165) is 13.0 Å². The van der Waals surface area contributed by atoms with Crippen LogP contribution in [0.1, 0.15) is 59.3 Å². The number of nitrogens with zero attached hydrogens (tertiary/aromatic N) is 2. The number of ether oxygens (including phenoxy) is 1. The van der Waals surface area contributed by atoms with Crippen LogP contribution in [0.5, 0.6) is 0 Å². The fraction of sp³-hybridized carbons (Fsp3) is 0.895. The van der Waals surface area contributed by atoms with Crippen molar-refractivity contribution in [1.29, 1.82) is 0 Å². The van der Waals surface area contributed by atoms with Gasteiger partial charge in [-0.05, 0) is 40.0 Å². The lowest BCUT2D eigenvalue weighted by atomic mass is 9.60. The Hall–Kier alpha value is -1.10. The fourth-order valence-electron chi connectivity index (χ4n) is 5.23. The molecule has 2 saturated carbocycles. The topological polar surface area (TPSA) is 49.9 Å². The highest BCUT2D eigenvalue weighted by Gasteiger charge is 2.59. The molecule has 0 bridgehead atoms. The van der Waals surface area contributed by atoms with E-state index in [-0.39, 0.29) is 35.2 Å². The zero-order chi connectivity index (χ0) is 17.5. The summed E-state index contributed by atoms with van der Waals surface area (Å²) in [7, 11) is 1.94. The van der Waals surface area contributed by atoms with Crippen LogP contribution in [-0.2, 0) is 14.3 Å². The van der Waals surface area contributed by atoms with Gasteiger partial charge in [-0.15, -0.1) is 0 Å². The van der Waals surface area contributed by atoms with Gasteiger partial charge in [0, 0.05) is 44.1 Å². The minimum absolute atomic E-state index is 0.119. The first-order valence-electron chi connectivity index (χ1n) is 9.58. The molecule has 24 heavy (non-hydrogen) atoms. The number of likely N-dealkylation sites (tertiary alicyclic amines) is 1. The van der Waals surface area contributed by atoms with E-state index >= 15 is 0 Å². The number of carbonyl (C=O) groups excluding carboxylic acids is 2. The second-order valence-electron chi connectivity index (χ2n) is 8.13. The van der Waals surface area contributed by atoms with Gasteiger partial charge in [0.1, 0.15) is 0 Å². The average Bonchev–Trinajstić information content (AvgIpc) is 3.18. The Morgan fingerprint density at radius 3 is 2.58 bits per heavy atom. The van der Waals surface area contributed by atoms with E-state index in [4.69, 9.17) is 4.74 Å². The Bertz CT molecular complexity index is 499. The molecule has 1 aliphatic heterocycles. The number of amides is 2. The van der Waals surface area contributed by atoms with E-state index in [1.165, 1.54) is 25.7 Å². The number of hydrogen-bond donors (Lipinski definition) is 0. The van der Waals surface area contributed by atoms with Crippen LogP contribution in [0.4, 0.5) is 0 Å². The van der Waals surface area contributed by atoms with Gasteiger partial charge in [-0.25, -0.2) is 0 Å². The van der Waals surface area contributed by atoms with E-state index in [2.05, 4.69) is 6.92 Å². The Morgan fingerprint density at radius 2 is 2.04 bits per heavy atom. The molecule has 0 aromatic heterocycles. The molecule has 2 aliphatic carbocycles. The van der Waals surface area contributed by atoms with Crippen LogP contribution < -0.4 is 0 Å². The quantitative estimate of drug-likeness (QED) is 0.775. The SMILES string of the molecule is CCO[C@@H]1C[C@H](N(C)C(=O)[C@H]2CC(=O)N(C(C)C)C2)C12CCCC2. The maximum Gasteiger partial charge on any atom is 0.228 e. The lowest BCUT2D eigenvalue weighted by Gasteiger charge is -2.57. The summed E-state index contributed by atoms with van der Waals surface area (Å²) in [6.45, 7) is 7.41. The molecule has 2 amide bonds. The molecule has 0 aromatic carbocycles. The van der Waals surface area contributed by atoms with Gasteiger partial charge in [-0.2, -0.15) is 0 Å². The maximum absolute atomic E-state index is 13.0. The van der Waals surface area contributed by atoms with Gasteiger partial charge in [-0.1, -0.05) is 12.8 Å². The van der Waals surface area contributed by atoms with Gasteiger partial charge >= 0.3 is 0 Å². The molecule has 0 unspecified atom stereocenters. The minimum Gasteiger partial charge on any atom is -0.378 e. The van der Waals surface area contributed by atoms with Crippen molar-refractivity contribution in [2.45, 2.75) is 77.5 Å². The molecule has 0 radical (unpaired) electrons. The van der Waals surface area contributed by atoms with Crippen LogP contribution in [0.15, 0.2) is 0 Å². The van der Waals surface area contributed by atoms with Crippen molar-refractivity contribution in [1.82, 2.24) is 9.80 Å². The first-order valence-corrected chi connectivity index (χ1v) is 9.58. The third-order valence-electron chi connectivity index (χ3n) is 6.59. The predicted molar refractivity (Wildman–Crippen MR) is 92.4 cm³/mol. The molecule has 0 aromatic rings. The fourth-order valence-corrected chi connectivity index (χ4v) is 5.23. The normalized spacial score (nSPS) is 31.8. The molecule has 3 fully saturated rings.